The van der Waals surface area contributed by atoms with Crippen molar-refractivity contribution in [3.8, 4) is 0 Å². The molecule has 0 aliphatic rings. The lowest BCUT2D eigenvalue weighted by molar-refractivity contribution is -0.161. The lowest BCUT2D eigenvalue weighted by Gasteiger charge is -2.21. The van der Waals surface area contributed by atoms with Crippen LogP contribution in [0.15, 0.2) is 0 Å². The third-order valence-corrected chi connectivity index (χ3v) is 21.0. The molecular weight excluding hydrogens is 1290 g/mol. The molecule has 0 aliphatic heterocycles. The van der Waals surface area contributed by atoms with Crippen LogP contribution in [0.3, 0.4) is 0 Å². The van der Waals surface area contributed by atoms with E-state index in [-0.39, 0.29) is 25.7 Å². The Balaban J connectivity index is 5.20. The second kappa shape index (κ2) is 71.7. The Morgan fingerprint density at radius 3 is 0.768 bits per heavy atom. The van der Waals surface area contributed by atoms with Crippen LogP contribution < -0.4 is 0 Å². The van der Waals surface area contributed by atoms with E-state index in [1.807, 2.05) is 0 Å². The zero-order chi connectivity index (χ0) is 72.8. The maximum Gasteiger partial charge on any atom is 0.472 e. The molecule has 0 aromatic carbocycles. The molecule has 0 aliphatic carbocycles. The Labute approximate surface area is 607 Å². The summed E-state index contributed by atoms with van der Waals surface area (Å²) in [7, 11) is -9.91. The zero-order valence-electron chi connectivity index (χ0n) is 64.8. The van der Waals surface area contributed by atoms with Gasteiger partial charge in [-0.3, -0.25) is 37.3 Å². The van der Waals surface area contributed by atoms with Gasteiger partial charge < -0.3 is 33.8 Å². The van der Waals surface area contributed by atoms with Gasteiger partial charge in [0.05, 0.1) is 26.4 Å². The topological polar surface area (TPSA) is 237 Å². The normalized spacial score (nSPS) is 14.2. The van der Waals surface area contributed by atoms with Gasteiger partial charge in [-0.2, -0.15) is 0 Å². The van der Waals surface area contributed by atoms with E-state index in [2.05, 4.69) is 41.5 Å². The summed E-state index contributed by atoms with van der Waals surface area (Å²) in [4.78, 5) is 72.9. The third-order valence-electron chi connectivity index (χ3n) is 19.1. The van der Waals surface area contributed by atoms with E-state index in [1.165, 1.54) is 231 Å². The van der Waals surface area contributed by atoms with Gasteiger partial charge >= 0.3 is 39.5 Å². The molecule has 19 heteroatoms. The van der Waals surface area contributed by atoms with Crippen molar-refractivity contribution in [3.05, 3.63) is 0 Å². The molecule has 0 spiro atoms. The lowest BCUT2D eigenvalue weighted by Crippen LogP contribution is -2.30. The van der Waals surface area contributed by atoms with Gasteiger partial charge in [-0.25, -0.2) is 9.13 Å². The number of ether oxygens (including phenoxy) is 4. The summed E-state index contributed by atoms with van der Waals surface area (Å²) in [6.45, 7) is 9.63. The fourth-order valence-electron chi connectivity index (χ4n) is 12.3. The van der Waals surface area contributed by atoms with Crippen molar-refractivity contribution >= 4 is 39.5 Å². The maximum atomic E-state index is 13.1. The highest BCUT2D eigenvalue weighted by atomic mass is 31.2. The molecule has 0 rings (SSSR count). The minimum atomic E-state index is -4.96. The van der Waals surface area contributed by atoms with Gasteiger partial charge in [0.1, 0.15) is 19.3 Å². The summed E-state index contributed by atoms with van der Waals surface area (Å²) in [6.07, 6.45) is 61.1. The summed E-state index contributed by atoms with van der Waals surface area (Å²) in [6, 6.07) is 0. The molecule has 588 valence electrons. The fraction of sp³-hybridized carbons (Fsp3) is 0.950. The second-order valence-electron chi connectivity index (χ2n) is 29.5. The van der Waals surface area contributed by atoms with Crippen LogP contribution in [0.2, 0.25) is 0 Å². The number of esters is 4. The first kappa shape index (κ1) is 97.1. The molecule has 0 radical (unpaired) electrons. The van der Waals surface area contributed by atoms with Crippen molar-refractivity contribution in [2.24, 2.45) is 11.8 Å². The van der Waals surface area contributed by atoms with Crippen LogP contribution in [-0.2, 0) is 65.4 Å². The highest BCUT2D eigenvalue weighted by Gasteiger charge is 2.30. The van der Waals surface area contributed by atoms with E-state index >= 15 is 0 Å². The second-order valence-corrected chi connectivity index (χ2v) is 32.4. The molecule has 3 unspecified atom stereocenters. The quantitative estimate of drug-likeness (QED) is 0.0222. The molecular formula is C80H156O17P2. The third kappa shape index (κ3) is 72.8. The molecule has 0 heterocycles. The smallest absolute Gasteiger partial charge is 0.462 e. The van der Waals surface area contributed by atoms with Crippen LogP contribution in [0.5, 0.6) is 0 Å². The van der Waals surface area contributed by atoms with Crippen molar-refractivity contribution in [3.63, 3.8) is 0 Å². The van der Waals surface area contributed by atoms with Gasteiger partial charge in [-0.1, -0.05) is 369 Å². The number of aliphatic hydroxyl groups excluding tert-OH is 1. The first-order valence-corrected chi connectivity index (χ1v) is 44.5. The lowest BCUT2D eigenvalue weighted by atomic mass is 9.99. The predicted octanol–water partition coefficient (Wildman–Crippen LogP) is 23.9. The van der Waals surface area contributed by atoms with Gasteiger partial charge in [0.25, 0.3) is 0 Å². The largest absolute Gasteiger partial charge is 0.472 e. The SMILES string of the molecule is CCCCCCCCCCCCCCCCCCC(=O)OC[C@H](COP(=O)(O)OC[C@@H](O)COP(=O)(O)OC[C@@H](COC(=O)CCCCCCCCCC(C)C)OC(=O)CCCCCCCCCCCCC)OC(=O)CCCCCCCCCCCCCCCCCCCCC(C)CC. The Morgan fingerprint density at radius 1 is 0.293 bits per heavy atom. The number of carbonyl (C=O) groups excluding carboxylic acids is 4. The molecule has 0 bridgehead atoms. The maximum absolute atomic E-state index is 13.1. The van der Waals surface area contributed by atoms with Crippen molar-refractivity contribution in [1.82, 2.24) is 0 Å². The van der Waals surface area contributed by atoms with Gasteiger partial charge in [0.15, 0.2) is 12.2 Å². The van der Waals surface area contributed by atoms with Crippen LogP contribution in [0.25, 0.3) is 0 Å². The Morgan fingerprint density at radius 2 is 0.515 bits per heavy atom. The van der Waals surface area contributed by atoms with Gasteiger partial charge in [0.2, 0.25) is 0 Å². The average Bonchev–Trinajstić information content (AvgIpc) is 0.974. The van der Waals surface area contributed by atoms with E-state index in [0.717, 1.165) is 102 Å². The van der Waals surface area contributed by atoms with Crippen molar-refractivity contribution in [2.45, 2.75) is 439 Å². The Kier molecular flexibility index (Phi) is 70.3. The molecule has 6 atom stereocenters. The summed E-state index contributed by atoms with van der Waals surface area (Å²) in [5.74, 6) is -0.534. The summed E-state index contributed by atoms with van der Waals surface area (Å²) in [5, 5.41) is 10.6. The predicted molar refractivity (Wildman–Crippen MR) is 405 cm³/mol. The van der Waals surface area contributed by atoms with Crippen molar-refractivity contribution in [2.75, 3.05) is 39.6 Å². The molecule has 3 N–H and O–H groups in total. The minimum absolute atomic E-state index is 0.106. The molecule has 99 heavy (non-hydrogen) atoms. The number of rotatable bonds is 79. The number of phosphoric acid groups is 2. The van der Waals surface area contributed by atoms with E-state index in [1.54, 1.807) is 0 Å². The first-order valence-electron chi connectivity index (χ1n) is 41.5. The van der Waals surface area contributed by atoms with E-state index in [0.29, 0.717) is 31.6 Å². The number of aliphatic hydroxyl groups is 1. The van der Waals surface area contributed by atoms with Gasteiger partial charge in [-0.15, -0.1) is 0 Å². The molecule has 0 amide bonds. The minimum Gasteiger partial charge on any atom is -0.462 e. The molecule has 17 nitrogen and oxygen atoms in total. The highest BCUT2D eigenvalue weighted by Crippen LogP contribution is 2.45. The molecule has 0 aromatic rings. The van der Waals surface area contributed by atoms with E-state index in [4.69, 9.17) is 37.0 Å². The molecule has 0 saturated heterocycles. The Hall–Kier alpha value is -1.94. The van der Waals surface area contributed by atoms with Crippen LogP contribution >= 0.6 is 15.6 Å². The number of unbranched alkanes of at least 4 members (excludes halogenated alkanes) is 48. The van der Waals surface area contributed by atoms with Crippen LogP contribution in [-0.4, -0.2) is 96.7 Å². The number of phosphoric ester groups is 2. The van der Waals surface area contributed by atoms with E-state index in [9.17, 15) is 43.2 Å². The zero-order valence-corrected chi connectivity index (χ0v) is 66.6. The summed E-state index contributed by atoms with van der Waals surface area (Å²) < 4.78 is 68.6. The van der Waals surface area contributed by atoms with E-state index < -0.39 is 97.5 Å². The van der Waals surface area contributed by atoms with Crippen molar-refractivity contribution in [1.29, 1.82) is 0 Å². The van der Waals surface area contributed by atoms with Crippen LogP contribution in [0.1, 0.15) is 420 Å². The summed E-state index contributed by atoms with van der Waals surface area (Å²) in [5.41, 5.74) is 0. The molecule has 0 saturated carbocycles. The van der Waals surface area contributed by atoms with Crippen LogP contribution in [0.4, 0.5) is 0 Å². The monoisotopic (exact) mass is 1450 g/mol. The average molecular weight is 1450 g/mol. The Bertz CT molecular complexity index is 1910. The summed E-state index contributed by atoms with van der Waals surface area (Å²) >= 11 is 0. The molecule has 0 fully saturated rings. The first-order chi connectivity index (χ1) is 47.9. The van der Waals surface area contributed by atoms with Gasteiger partial charge in [0, 0.05) is 25.7 Å². The van der Waals surface area contributed by atoms with Crippen molar-refractivity contribution < 1.29 is 80.2 Å². The standard InChI is InChI=1S/C80H156O17P2/c1-7-10-12-14-16-18-20-21-22-28-31-35-38-44-50-56-62-77(82)90-68-75(96-80(85)65-59-53-46-40-36-32-29-26-24-23-25-27-30-34-37-43-49-55-61-73(6)9-3)70-94-98(86,87)92-66-74(81)67-93-99(88,89)95-71-76(69-91-78(83)63-57-51-47-41-42-48-54-60-72(4)5)97-79(84)64-58-52-45-39-33-19-17-15-13-11-8-2/h72-76,81H,7-71H2,1-6H3,(H,86,87)(H,88,89)/t73?,74-,75-,76-/m1/s1. The number of hydrogen-bond donors (Lipinski definition) is 3. The van der Waals surface area contributed by atoms with Crippen LogP contribution in [0, 0.1) is 11.8 Å². The molecule has 0 aromatic heterocycles. The fourth-order valence-corrected chi connectivity index (χ4v) is 13.9. The highest BCUT2D eigenvalue weighted by molar-refractivity contribution is 7.47. The van der Waals surface area contributed by atoms with Gasteiger partial charge in [-0.05, 0) is 37.5 Å². The number of carbonyl (C=O) groups is 4. The number of hydrogen-bond acceptors (Lipinski definition) is 15.